The van der Waals surface area contributed by atoms with Gasteiger partial charge in [0.05, 0.1) is 6.04 Å². The van der Waals surface area contributed by atoms with E-state index in [2.05, 4.69) is 5.43 Å². The van der Waals surface area contributed by atoms with E-state index in [0.29, 0.717) is 17.0 Å². The smallest absolute Gasteiger partial charge is 0.129 e. The Morgan fingerprint density at radius 1 is 1.21 bits per heavy atom. The number of nitrogens with one attached hydrogen (secondary N) is 1. The topological polar surface area (TPSA) is 38.0 Å². The van der Waals surface area contributed by atoms with Crippen molar-refractivity contribution in [3.8, 4) is 0 Å². The highest BCUT2D eigenvalue weighted by Crippen LogP contribution is 2.27. The van der Waals surface area contributed by atoms with Crippen molar-refractivity contribution in [1.29, 1.82) is 0 Å². The predicted molar refractivity (Wildman–Crippen MR) is 76.4 cm³/mol. The first-order valence-electron chi connectivity index (χ1n) is 6.07. The van der Waals surface area contributed by atoms with Gasteiger partial charge in [0.2, 0.25) is 0 Å². The first-order valence-corrected chi connectivity index (χ1v) is 6.45. The first kappa shape index (κ1) is 14.0. The summed E-state index contributed by atoms with van der Waals surface area (Å²) in [5.41, 5.74) is 5.31. The van der Waals surface area contributed by atoms with Crippen molar-refractivity contribution < 1.29 is 4.39 Å². The number of hydrogen-bond acceptors (Lipinski definition) is 2. The Labute approximate surface area is 117 Å². The maximum atomic E-state index is 13.9. The maximum absolute atomic E-state index is 13.9. The molecular weight excluding hydrogens is 263 g/mol. The largest absolute Gasteiger partial charge is 0.271 e. The highest BCUT2D eigenvalue weighted by Gasteiger charge is 2.18. The molecule has 0 aliphatic heterocycles. The average molecular weight is 279 g/mol. The van der Waals surface area contributed by atoms with Gasteiger partial charge in [-0.2, -0.15) is 0 Å². The Morgan fingerprint density at radius 3 is 2.47 bits per heavy atom. The standard InChI is InChI=1S/C15H16ClFN2/c1-10-5-7-11(8-6-10)9-14(19-18)15-12(16)3-2-4-13(15)17/h2-8,14,19H,9,18H2,1H3. The molecule has 4 heteroatoms. The molecule has 2 aromatic rings. The second kappa shape index (κ2) is 6.15. The molecule has 2 rings (SSSR count). The minimum atomic E-state index is -0.351. The average Bonchev–Trinajstić information content (AvgIpc) is 2.39. The van der Waals surface area contributed by atoms with Gasteiger partial charge in [0.15, 0.2) is 0 Å². The van der Waals surface area contributed by atoms with E-state index in [-0.39, 0.29) is 11.9 Å². The summed E-state index contributed by atoms with van der Waals surface area (Å²) in [6.45, 7) is 2.02. The van der Waals surface area contributed by atoms with Crippen molar-refractivity contribution in [2.45, 2.75) is 19.4 Å². The molecule has 0 saturated carbocycles. The Hall–Kier alpha value is -1.42. The first-order chi connectivity index (χ1) is 9.11. The van der Waals surface area contributed by atoms with Gasteiger partial charge in [-0.25, -0.2) is 4.39 Å². The van der Waals surface area contributed by atoms with Gasteiger partial charge in [0.1, 0.15) is 5.82 Å². The van der Waals surface area contributed by atoms with Crippen LogP contribution in [0.2, 0.25) is 5.02 Å². The van der Waals surface area contributed by atoms with E-state index in [1.807, 2.05) is 31.2 Å². The van der Waals surface area contributed by atoms with Crippen LogP contribution in [-0.2, 0) is 6.42 Å². The Balaban J connectivity index is 2.27. The number of hydrazine groups is 1. The summed E-state index contributed by atoms with van der Waals surface area (Å²) >= 11 is 6.06. The van der Waals surface area contributed by atoms with E-state index in [1.54, 1.807) is 12.1 Å². The summed E-state index contributed by atoms with van der Waals surface area (Å²) in [7, 11) is 0. The monoisotopic (exact) mass is 278 g/mol. The second-order valence-electron chi connectivity index (χ2n) is 4.54. The SMILES string of the molecule is Cc1ccc(CC(NN)c2c(F)cccc2Cl)cc1. The molecule has 1 unspecified atom stereocenters. The van der Waals surface area contributed by atoms with Crippen molar-refractivity contribution in [1.82, 2.24) is 5.43 Å². The molecule has 2 nitrogen and oxygen atoms in total. The highest BCUT2D eigenvalue weighted by molar-refractivity contribution is 6.31. The van der Waals surface area contributed by atoms with Gasteiger partial charge < -0.3 is 0 Å². The van der Waals surface area contributed by atoms with Crippen LogP contribution in [0.25, 0.3) is 0 Å². The minimum Gasteiger partial charge on any atom is -0.271 e. The van der Waals surface area contributed by atoms with Crippen LogP contribution >= 0.6 is 11.6 Å². The van der Waals surface area contributed by atoms with Crippen LogP contribution < -0.4 is 11.3 Å². The lowest BCUT2D eigenvalue weighted by molar-refractivity contribution is 0.511. The number of benzene rings is 2. The number of hydrogen-bond donors (Lipinski definition) is 2. The third kappa shape index (κ3) is 3.32. The molecule has 2 aromatic carbocycles. The van der Waals surface area contributed by atoms with E-state index in [1.165, 1.54) is 11.6 Å². The quantitative estimate of drug-likeness (QED) is 0.663. The molecule has 0 bridgehead atoms. The van der Waals surface area contributed by atoms with Gasteiger partial charge in [-0.1, -0.05) is 47.5 Å². The van der Waals surface area contributed by atoms with Crippen LogP contribution in [0.1, 0.15) is 22.7 Å². The van der Waals surface area contributed by atoms with Gasteiger partial charge in [0.25, 0.3) is 0 Å². The van der Waals surface area contributed by atoms with Gasteiger partial charge in [-0.05, 0) is 31.0 Å². The van der Waals surface area contributed by atoms with Crippen molar-refractivity contribution in [3.05, 3.63) is 70.0 Å². The molecule has 0 heterocycles. The Morgan fingerprint density at radius 2 is 1.89 bits per heavy atom. The minimum absolute atomic E-state index is 0.345. The second-order valence-corrected chi connectivity index (χ2v) is 4.95. The van der Waals surface area contributed by atoms with Crippen molar-refractivity contribution in [2.75, 3.05) is 0 Å². The summed E-state index contributed by atoms with van der Waals surface area (Å²) in [6, 6.07) is 12.3. The number of rotatable bonds is 4. The molecule has 0 spiro atoms. The van der Waals surface area contributed by atoms with Crippen LogP contribution in [-0.4, -0.2) is 0 Å². The third-order valence-corrected chi connectivity index (χ3v) is 3.44. The zero-order chi connectivity index (χ0) is 13.8. The summed E-state index contributed by atoms with van der Waals surface area (Å²) in [5.74, 6) is 5.20. The molecule has 0 aliphatic carbocycles. The third-order valence-electron chi connectivity index (χ3n) is 3.11. The van der Waals surface area contributed by atoms with Crippen LogP contribution in [0.4, 0.5) is 4.39 Å². The lowest BCUT2D eigenvalue weighted by Gasteiger charge is -2.18. The van der Waals surface area contributed by atoms with E-state index in [0.717, 1.165) is 5.56 Å². The van der Waals surface area contributed by atoms with Gasteiger partial charge in [-0.15, -0.1) is 0 Å². The summed E-state index contributed by atoms with van der Waals surface area (Å²) in [4.78, 5) is 0. The molecular formula is C15H16ClFN2. The molecule has 3 N–H and O–H groups in total. The van der Waals surface area contributed by atoms with Crippen LogP contribution in [0.15, 0.2) is 42.5 Å². The Bertz CT molecular complexity index is 534. The van der Waals surface area contributed by atoms with E-state index in [9.17, 15) is 4.39 Å². The molecule has 0 amide bonds. The normalized spacial score (nSPS) is 12.4. The van der Waals surface area contributed by atoms with Crippen molar-refractivity contribution in [2.24, 2.45) is 5.84 Å². The number of nitrogens with two attached hydrogens (primary N) is 1. The molecule has 0 saturated heterocycles. The van der Waals surface area contributed by atoms with Gasteiger partial charge in [0, 0.05) is 10.6 Å². The van der Waals surface area contributed by atoms with Crippen molar-refractivity contribution >= 4 is 11.6 Å². The molecule has 19 heavy (non-hydrogen) atoms. The van der Waals surface area contributed by atoms with Gasteiger partial charge in [-0.3, -0.25) is 11.3 Å². The molecule has 1 atom stereocenters. The van der Waals surface area contributed by atoms with Crippen LogP contribution in [0.5, 0.6) is 0 Å². The van der Waals surface area contributed by atoms with E-state index in [4.69, 9.17) is 17.4 Å². The Kier molecular flexibility index (Phi) is 4.53. The lowest BCUT2D eigenvalue weighted by Crippen LogP contribution is -2.30. The molecule has 0 aliphatic rings. The fraction of sp³-hybridized carbons (Fsp3) is 0.200. The van der Waals surface area contributed by atoms with Crippen LogP contribution in [0, 0.1) is 12.7 Å². The van der Waals surface area contributed by atoms with E-state index < -0.39 is 0 Å². The maximum Gasteiger partial charge on any atom is 0.129 e. The summed E-state index contributed by atoms with van der Waals surface area (Å²) < 4.78 is 13.9. The number of aryl methyl sites for hydroxylation is 1. The summed E-state index contributed by atoms with van der Waals surface area (Å²) in [6.07, 6.45) is 0.581. The highest BCUT2D eigenvalue weighted by atomic mass is 35.5. The molecule has 100 valence electrons. The molecule has 0 radical (unpaired) electrons. The zero-order valence-electron chi connectivity index (χ0n) is 10.7. The van der Waals surface area contributed by atoms with E-state index >= 15 is 0 Å². The van der Waals surface area contributed by atoms with Gasteiger partial charge >= 0.3 is 0 Å². The zero-order valence-corrected chi connectivity index (χ0v) is 11.4. The number of halogens is 2. The van der Waals surface area contributed by atoms with Crippen LogP contribution in [0.3, 0.4) is 0 Å². The lowest BCUT2D eigenvalue weighted by atomic mass is 9.98. The summed E-state index contributed by atoms with van der Waals surface area (Å²) in [5, 5.41) is 0.384. The van der Waals surface area contributed by atoms with Crippen molar-refractivity contribution in [3.63, 3.8) is 0 Å². The molecule has 0 fully saturated rings. The fourth-order valence-corrected chi connectivity index (χ4v) is 2.34. The predicted octanol–water partition coefficient (Wildman–Crippen LogP) is 3.53. The molecule has 0 aromatic heterocycles. The fourth-order valence-electron chi connectivity index (χ4n) is 2.05.